The van der Waals surface area contributed by atoms with Crippen LogP contribution in [0, 0.1) is 6.92 Å². The van der Waals surface area contributed by atoms with E-state index in [1.165, 1.54) is 0 Å². The Hall–Kier alpha value is -2.09. The molecule has 0 spiro atoms. The van der Waals surface area contributed by atoms with E-state index in [2.05, 4.69) is 0 Å². The third kappa shape index (κ3) is 2.36. The van der Waals surface area contributed by atoms with Crippen molar-refractivity contribution in [2.45, 2.75) is 6.92 Å². The van der Waals surface area contributed by atoms with Crippen LogP contribution in [0.5, 0.6) is 5.75 Å². The topological polar surface area (TPSA) is 26.3 Å². The Balaban J connectivity index is 2.50. The maximum atomic E-state index is 11.0. The SMILES string of the molecule is COc1ccc(-c2cc(C)ccc2C=O)cc1. The Morgan fingerprint density at radius 2 is 1.76 bits per heavy atom. The van der Waals surface area contributed by atoms with Gasteiger partial charge in [0.15, 0.2) is 6.29 Å². The first-order chi connectivity index (χ1) is 8.24. The number of carbonyl (C=O) groups is 1. The summed E-state index contributed by atoms with van der Waals surface area (Å²) in [6.45, 7) is 2.02. The second kappa shape index (κ2) is 4.83. The Bertz CT molecular complexity index is 527. The van der Waals surface area contributed by atoms with Crippen LogP contribution in [0.25, 0.3) is 11.1 Å². The molecule has 2 aromatic carbocycles. The molecule has 0 saturated heterocycles. The zero-order valence-corrected chi connectivity index (χ0v) is 9.94. The fraction of sp³-hybridized carbons (Fsp3) is 0.133. The molecular weight excluding hydrogens is 212 g/mol. The van der Waals surface area contributed by atoms with E-state index in [1.807, 2.05) is 49.4 Å². The number of methoxy groups -OCH3 is 1. The summed E-state index contributed by atoms with van der Waals surface area (Å²) in [4.78, 5) is 11.0. The lowest BCUT2D eigenvalue weighted by Gasteiger charge is -2.07. The van der Waals surface area contributed by atoms with E-state index in [4.69, 9.17) is 4.74 Å². The highest BCUT2D eigenvalue weighted by Gasteiger charge is 2.04. The van der Waals surface area contributed by atoms with Crippen LogP contribution < -0.4 is 4.74 Å². The van der Waals surface area contributed by atoms with Gasteiger partial charge in [-0.15, -0.1) is 0 Å². The van der Waals surface area contributed by atoms with Crippen molar-refractivity contribution in [2.75, 3.05) is 7.11 Å². The number of aryl methyl sites for hydroxylation is 1. The second-order valence-electron chi connectivity index (χ2n) is 3.94. The fourth-order valence-corrected chi connectivity index (χ4v) is 1.79. The van der Waals surface area contributed by atoms with Gasteiger partial charge in [0.25, 0.3) is 0 Å². The maximum Gasteiger partial charge on any atom is 0.150 e. The van der Waals surface area contributed by atoms with Gasteiger partial charge in [-0.2, -0.15) is 0 Å². The zero-order chi connectivity index (χ0) is 12.3. The summed E-state index contributed by atoms with van der Waals surface area (Å²) in [7, 11) is 1.64. The molecule has 2 nitrogen and oxygen atoms in total. The molecule has 0 bridgehead atoms. The lowest BCUT2D eigenvalue weighted by atomic mass is 9.98. The third-order valence-corrected chi connectivity index (χ3v) is 2.74. The molecule has 86 valence electrons. The van der Waals surface area contributed by atoms with Gasteiger partial charge in [0.1, 0.15) is 5.75 Å². The normalized spacial score (nSPS) is 10.0. The predicted octanol–water partition coefficient (Wildman–Crippen LogP) is 3.48. The summed E-state index contributed by atoms with van der Waals surface area (Å²) < 4.78 is 5.12. The summed E-state index contributed by atoms with van der Waals surface area (Å²) >= 11 is 0. The van der Waals surface area contributed by atoms with Crippen LogP contribution in [-0.4, -0.2) is 13.4 Å². The van der Waals surface area contributed by atoms with Crippen LogP contribution >= 0.6 is 0 Å². The Morgan fingerprint density at radius 1 is 1.06 bits per heavy atom. The zero-order valence-electron chi connectivity index (χ0n) is 9.94. The van der Waals surface area contributed by atoms with E-state index in [9.17, 15) is 4.79 Å². The summed E-state index contributed by atoms with van der Waals surface area (Å²) in [6, 6.07) is 13.5. The molecule has 0 N–H and O–H groups in total. The molecule has 0 unspecified atom stereocenters. The molecule has 2 rings (SSSR count). The van der Waals surface area contributed by atoms with Crippen molar-refractivity contribution in [2.24, 2.45) is 0 Å². The molecule has 0 aliphatic carbocycles. The van der Waals surface area contributed by atoms with E-state index in [-0.39, 0.29) is 0 Å². The van der Waals surface area contributed by atoms with Crippen LogP contribution in [0.15, 0.2) is 42.5 Å². The van der Waals surface area contributed by atoms with Crippen molar-refractivity contribution in [3.63, 3.8) is 0 Å². The monoisotopic (exact) mass is 226 g/mol. The Kier molecular flexibility index (Phi) is 3.24. The molecule has 0 radical (unpaired) electrons. The summed E-state index contributed by atoms with van der Waals surface area (Å²) in [6.07, 6.45) is 0.888. The number of ether oxygens (including phenoxy) is 1. The predicted molar refractivity (Wildman–Crippen MR) is 68.6 cm³/mol. The lowest BCUT2D eigenvalue weighted by Crippen LogP contribution is -1.89. The first-order valence-corrected chi connectivity index (χ1v) is 5.45. The molecule has 0 fully saturated rings. The van der Waals surface area contributed by atoms with E-state index in [0.717, 1.165) is 28.7 Å². The molecule has 0 heterocycles. The minimum atomic E-state index is 0.709. The molecule has 2 heteroatoms. The number of hydrogen-bond donors (Lipinski definition) is 0. The molecule has 0 aromatic heterocycles. The molecule has 0 aliphatic rings. The van der Waals surface area contributed by atoms with E-state index in [0.29, 0.717) is 5.56 Å². The van der Waals surface area contributed by atoms with E-state index in [1.54, 1.807) is 7.11 Å². The third-order valence-electron chi connectivity index (χ3n) is 2.74. The van der Waals surface area contributed by atoms with Crippen LogP contribution in [0.1, 0.15) is 15.9 Å². The van der Waals surface area contributed by atoms with Crippen molar-refractivity contribution in [1.29, 1.82) is 0 Å². The molecule has 0 aliphatic heterocycles. The summed E-state index contributed by atoms with van der Waals surface area (Å²) in [5.41, 5.74) is 3.83. The van der Waals surface area contributed by atoms with Gasteiger partial charge in [0, 0.05) is 5.56 Å². The molecule has 0 amide bonds. The van der Waals surface area contributed by atoms with Crippen molar-refractivity contribution < 1.29 is 9.53 Å². The number of aldehydes is 1. The molecule has 2 aromatic rings. The van der Waals surface area contributed by atoms with Gasteiger partial charge >= 0.3 is 0 Å². The van der Waals surface area contributed by atoms with Crippen LogP contribution in [0.2, 0.25) is 0 Å². The van der Waals surface area contributed by atoms with Gasteiger partial charge in [0.2, 0.25) is 0 Å². The number of rotatable bonds is 3. The molecule has 0 atom stereocenters. The Morgan fingerprint density at radius 3 is 2.35 bits per heavy atom. The largest absolute Gasteiger partial charge is 0.497 e. The molecule has 17 heavy (non-hydrogen) atoms. The lowest BCUT2D eigenvalue weighted by molar-refractivity contribution is 0.112. The minimum absolute atomic E-state index is 0.709. The van der Waals surface area contributed by atoms with Gasteiger partial charge in [-0.3, -0.25) is 4.79 Å². The summed E-state index contributed by atoms with van der Waals surface area (Å²) in [5.74, 6) is 0.814. The van der Waals surface area contributed by atoms with Crippen LogP contribution in [0.3, 0.4) is 0 Å². The van der Waals surface area contributed by atoms with Crippen molar-refractivity contribution in [1.82, 2.24) is 0 Å². The Labute approximate surface area is 101 Å². The van der Waals surface area contributed by atoms with E-state index >= 15 is 0 Å². The molecule has 0 saturated carbocycles. The fourth-order valence-electron chi connectivity index (χ4n) is 1.79. The highest BCUT2D eigenvalue weighted by Crippen LogP contribution is 2.25. The quantitative estimate of drug-likeness (QED) is 0.749. The number of hydrogen-bond acceptors (Lipinski definition) is 2. The van der Waals surface area contributed by atoms with Crippen molar-refractivity contribution in [3.05, 3.63) is 53.6 Å². The van der Waals surface area contributed by atoms with Crippen LogP contribution in [-0.2, 0) is 0 Å². The standard InChI is InChI=1S/C15H14O2/c1-11-3-4-13(10-16)15(9-11)12-5-7-14(17-2)8-6-12/h3-10H,1-2H3. The number of benzene rings is 2. The summed E-state index contributed by atoms with van der Waals surface area (Å²) in [5, 5.41) is 0. The first-order valence-electron chi connectivity index (χ1n) is 5.45. The minimum Gasteiger partial charge on any atom is -0.497 e. The van der Waals surface area contributed by atoms with Gasteiger partial charge in [-0.05, 0) is 30.2 Å². The molecular formula is C15H14O2. The van der Waals surface area contributed by atoms with Gasteiger partial charge in [-0.1, -0.05) is 35.9 Å². The highest BCUT2D eigenvalue weighted by molar-refractivity contribution is 5.87. The highest BCUT2D eigenvalue weighted by atomic mass is 16.5. The van der Waals surface area contributed by atoms with E-state index < -0.39 is 0 Å². The smallest absolute Gasteiger partial charge is 0.150 e. The number of carbonyl (C=O) groups excluding carboxylic acids is 1. The van der Waals surface area contributed by atoms with Gasteiger partial charge < -0.3 is 4.74 Å². The average molecular weight is 226 g/mol. The van der Waals surface area contributed by atoms with Crippen molar-refractivity contribution >= 4 is 6.29 Å². The van der Waals surface area contributed by atoms with Gasteiger partial charge in [-0.25, -0.2) is 0 Å². The van der Waals surface area contributed by atoms with Crippen molar-refractivity contribution in [3.8, 4) is 16.9 Å². The van der Waals surface area contributed by atoms with Crippen LogP contribution in [0.4, 0.5) is 0 Å². The first kappa shape index (κ1) is 11.4. The second-order valence-corrected chi connectivity index (χ2v) is 3.94. The van der Waals surface area contributed by atoms with Gasteiger partial charge in [0.05, 0.1) is 7.11 Å². The maximum absolute atomic E-state index is 11.0. The average Bonchev–Trinajstić information content (AvgIpc) is 2.39.